The Morgan fingerprint density at radius 2 is 1.74 bits per heavy atom. The molecule has 0 spiro atoms. The van der Waals surface area contributed by atoms with Crippen LogP contribution in [0.5, 0.6) is 0 Å². The van der Waals surface area contributed by atoms with Gasteiger partial charge in [0, 0.05) is 25.2 Å². The van der Waals surface area contributed by atoms with Gasteiger partial charge in [-0.1, -0.05) is 48.5 Å². The number of ether oxygens (including phenoxy) is 1. The third-order valence-electron chi connectivity index (χ3n) is 5.65. The summed E-state index contributed by atoms with van der Waals surface area (Å²) < 4.78 is 18.7. The standard InChI is InChI=1S/C26H30N4O4S/c1-26(2,3)34-25(32)29-14-15-30(20(16-29)17-35(33)21-12-8-5-9-13-21)24(31)23-22(27-18-28-23)19-10-6-4-7-11-19/h4-13,18,20H,14-17H2,1-3H3,(H,27,28)/t20-,35?/m0/s1. The Kier molecular flexibility index (Phi) is 7.47. The van der Waals surface area contributed by atoms with Crippen molar-refractivity contribution in [3.05, 3.63) is 72.7 Å². The Morgan fingerprint density at radius 1 is 1.09 bits per heavy atom. The molecular weight excluding hydrogens is 464 g/mol. The van der Waals surface area contributed by atoms with E-state index < -0.39 is 28.9 Å². The number of hydrogen-bond acceptors (Lipinski definition) is 5. The molecule has 2 amide bonds. The average Bonchev–Trinajstić information content (AvgIpc) is 3.34. The SMILES string of the molecule is CC(C)(C)OC(=O)N1CCN(C(=O)c2nc[nH]c2-c2ccccc2)[C@H](C[S+]([O-])c2ccccc2)C1. The van der Waals surface area contributed by atoms with Crippen LogP contribution >= 0.6 is 0 Å². The number of aromatic nitrogens is 2. The molecule has 2 aromatic carbocycles. The monoisotopic (exact) mass is 494 g/mol. The summed E-state index contributed by atoms with van der Waals surface area (Å²) in [5.41, 5.74) is 1.15. The first-order valence-corrected chi connectivity index (χ1v) is 12.9. The summed E-state index contributed by atoms with van der Waals surface area (Å²) in [5, 5.41) is 0. The van der Waals surface area contributed by atoms with Crippen molar-refractivity contribution in [1.29, 1.82) is 0 Å². The number of rotatable bonds is 5. The first-order valence-electron chi connectivity index (χ1n) is 11.5. The van der Waals surface area contributed by atoms with Crippen molar-refractivity contribution in [2.75, 3.05) is 25.4 Å². The molecule has 0 saturated carbocycles. The van der Waals surface area contributed by atoms with E-state index in [1.165, 1.54) is 6.33 Å². The van der Waals surface area contributed by atoms with Crippen molar-refractivity contribution in [3.8, 4) is 11.3 Å². The van der Waals surface area contributed by atoms with E-state index in [1.807, 2.05) is 69.3 Å². The molecule has 1 fully saturated rings. The van der Waals surface area contributed by atoms with Crippen molar-refractivity contribution in [2.45, 2.75) is 37.3 Å². The summed E-state index contributed by atoms with van der Waals surface area (Å²) in [6.45, 7) is 6.28. The summed E-state index contributed by atoms with van der Waals surface area (Å²) in [5.74, 6) is -0.0656. The highest BCUT2D eigenvalue weighted by molar-refractivity contribution is 7.91. The highest BCUT2D eigenvalue weighted by Gasteiger charge is 2.38. The number of nitrogens with zero attached hydrogens (tertiary/aromatic N) is 3. The van der Waals surface area contributed by atoms with Gasteiger partial charge in [-0.3, -0.25) is 4.79 Å². The molecule has 2 atom stereocenters. The maximum atomic E-state index is 13.7. The van der Waals surface area contributed by atoms with Gasteiger partial charge in [0.2, 0.25) is 0 Å². The molecule has 184 valence electrons. The zero-order chi connectivity index (χ0) is 25.0. The van der Waals surface area contributed by atoms with Gasteiger partial charge in [-0.25, -0.2) is 9.78 Å². The van der Waals surface area contributed by atoms with Crippen LogP contribution in [0.4, 0.5) is 4.79 Å². The number of H-pyrrole nitrogens is 1. The largest absolute Gasteiger partial charge is 0.611 e. The molecule has 0 radical (unpaired) electrons. The van der Waals surface area contributed by atoms with Crippen molar-refractivity contribution < 1.29 is 18.9 Å². The smallest absolute Gasteiger partial charge is 0.410 e. The van der Waals surface area contributed by atoms with E-state index in [2.05, 4.69) is 9.97 Å². The van der Waals surface area contributed by atoms with Gasteiger partial charge in [-0.15, -0.1) is 0 Å². The second-order valence-electron chi connectivity index (χ2n) is 9.40. The third kappa shape index (κ3) is 6.04. The number of aromatic amines is 1. The van der Waals surface area contributed by atoms with Crippen LogP contribution in [-0.4, -0.2) is 73.4 Å². The molecule has 1 aliphatic heterocycles. The maximum Gasteiger partial charge on any atom is 0.410 e. The van der Waals surface area contributed by atoms with Crippen LogP contribution < -0.4 is 0 Å². The minimum Gasteiger partial charge on any atom is -0.611 e. The topological polar surface area (TPSA) is 102 Å². The molecule has 1 N–H and O–H groups in total. The van der Waals surface area contributed by atoms with Crippen molar-refractivity contribution >= 4 is 23.2 Å². The number of piperazine rings is 1. The minimum absolute atomic E-state index is 0.195. The van der Waals surface area contributed by atoms with Crippen LogP contribution in [0.3, 0.4) is 0 Å². The second kappa shape index (κ2) is 10.5. The predicted molar refractivity (Wildman–Crippen MR) is 134 cm³/mol. The molecule has 1 aromatic heterocycles. The number of hydrogen-bond donors (Lipinski definition) is 1. The van der Waals surface area contributed by atoms with E-state index in [1.54, 1.807) is 21.9 Å². The van der Waals surface area contributed by atoms with Crippen LogP contribution in [0.25, 0.3) is 11.3 Å². The molecule has 1 aliphatic rings. The minimum atomic E-state index is -1.35. The van der Waals surface area contributed by atoms with E-state index >= 15 is 0 Å². The summed E-state index contributed by atoms with van der Waals surface area (Å²) in [6, 6.07) is 18.2. The zero-order valence-electron chi connectivity index (χ0n) is 20.1. The van der Waals surface area contributed by atoms with E-state index in [4.69, 9.17) is 4.74 Å². The number of carbonyl (C=O) groups excluding carboxylic acids is 2. The van der Waals surface area contributed by atoms with E-state index in [-0.39, 0.29) is 24.7 Å². The van der Waals surface area contributed by atoms with Gasteiger partial charge in [-0.2, -0.15) is 0 Å². The highest BCUT2D eigenvalue weighted by atomic mass is 32.2. The van der Waals surface area contributed by atoms with Crippen LogP contribution in [0.2, 0.25) is 0 Å². The van der Waals surface area contributed by atoms with Crippen molar-refractivity contribution in [2.24, 2.45) is 0 Å². The molecule has 0 bridgehead atoms. The lowest BCUT2D eigenvalue weighted by Crippen LogP contribution is -2.59. The molecule has 1 unspecified atom stereocenters. The highest BCUT2D eigenvalue weighted by Crippen LogP contribution is 2.25. The van der Waals surface area contributed by atoms with E-state index in [0.29, 0.717) is 22.8 Å². The third-order valence-corrected chi connectivity index (χ3v) is 7.13. The van der Waals surface area contributed by atoms with Gasteiger partial charge in [0.05, 0.1) is 18.1 Å². The normalized spacial score (nSPS) is 17.2. The molecule has 8 nitrogen and oxygen atoms in total. The van der Waals surface area contributed by atoms with Gasteiger partial charge in [0.25, 0.3) is 5.91 Å². The van der Waals surface area contributed by atoms with Crippen LogP contribution in [0.15, 0.2) is 71.9 Å². The Morgan fingerprint density at radius 3 is 2.40 bits per heavy atom. The first-order chi connectivity index (χ1) is 16.7. The number of nitrogens with one attached hydrogen (secondary N) is 1. The maximum absolute atomic E-state index is 13.7. The molecule has 9 heteroatoms. The summed E-state index contributed by atoms with van der Waals surface area (Å²) in [7, 11) is 0. The molecule has 35 heavy (non-hydrogen) atoms. The van der Waals surface area contributed by atoms with Gasteiger partial charge >= 0.3 is 6.09 Å². The Hall–Kier alpha value is -3.30. The Bertz CT molecular complexity index is 1150. The van der Waals surface area contributed by atoms with E-state index in [0.717, 1.165) is 5.56 Å². The van der Waals surface area contributed by atoms with Crippen molar-refractivity contribution in [1.82, 2.24) is 19.8 Å². The number of benzene rings is 2. The van der Waals surface area contributed by atoms with Gasteiger partial charge in [-0.05, 0) is 44.1 Å². The fourth-order valence-corrected chi connectivity index (χ4v) is 5.31. The summed E-state index contributed by atoms with van der Waals surface area (Å²) in [4.78, 5) is 37.8. The quantitative estimate of drug-likeness (QED) is 0.541. The molecule has 3 aromatic rings. The number of imidazole rings is 1. The first kappa shape index (κ1) is 24.8. The fourth-order valence-electron chi connectivity index (χ4n) is 4.02. The van der Waals surface area contributed by atoms with Crippen LogP contribution in [0, 0.1) is 0 Å². The van der Waals surface area contributed by atoms with Gasteiger partial charge in [0.1, 0.15) is 11.4 Å². The number of carbonyl (C=O) groups is 2. The Balaban J connectivity index is 1.59. The lowest BCUT2D eigenvalue weighted by molar-refractivity contribution is 0.00638. The molecule has 2 heterocycles. The van der Waals surface area contributed by atoms with Crippen molar-refractivity contribution in [3.63, 3.8) is 0 Å². The molecular formula is C26H30N4O4S. The van der Waals surface area contributed by atoms with Crippen LogP contribution in [-0.2, 0) is 15.9 Å². The second-order valence-corrected chi connectivity index (χ2v) is 10.9. The fraction of sp³-hybridized carbons (Fsp3) is 0.346. The predicted octanol–water partition coefficient (Wildman–Crippen LogP) is 3.95. The molecule has 0 aliphatic carbocycles. The van der Waals surface area contributed by atoms with Gasteiger partial charge < -0.3 is 24.1 Å². The van der Waals surface area contributed by atoms with Gasteiger partial charge in [0.15, 0.2) is 10.6 Å². The van der Waals surface area contributed by atoms with Crippen LogP contribution in [0.1, 0.15) is 31.3 Å². The summed E-state index contributed by atoms with van der Waals surface area (Å²) in [6.07, 6.45) is 1.06. The average molecular weight is 495 g/mol. The lowest BCUT2D eigenvalue weighted by atomic mass is 10.1. The summed E-state index contributed by atoms with van der Waals surface area (Å²) >= 11 is -1.35. The molecule has 1 saturated heterocycles. The van der Waals surface area contributed by atoms with E-state index in [9.17, 15) is 14.1 Å². The Labute approximate surface area is 208 Å². The number of amides is 2. The molecule has 4 rings (SSSR count). The zero-order valence-corrected chi connectivity index (χ0v) is 21.0. The lowest BCUT2D eigenvalue weighted by Gasteiger charge is -2.41.